The predicted molar refractivity (Wildman–Crippen MR) is 91.6 cm³/mol. The van der Waals surface area contributed by atoms with Gasteiger partial charge in [-0.05, 0) is 45.2 Å². The average molecular weight is 364 g/mol. The van der Waals surface area contributed by atoms with Crippen LogP contribution in [0.15, 0.2) is 18.3 Å². The molecule has 1 atom stereocenters. The molecular weight excluding hydrogens is 340 g/mol. The fraction of sp³-hybridized carbons (Fsp3) is 0.556. The number of H-pyrrole nitrogens is 1. The van der Waals surface area contributed by atoms with Gasteiger partial charge >= 0.3 is 11.9 Å². The zero-order chi connectivity index (χ0) is 19.5. The van der Waals surface area contributed by atoms with E-state index in [4.69, 9.17) is 10.2 Å². The molecule has 8 heteroatoms. The maximum atomic E-state index is 12.6. The van der Waals surface area contributed by atoms with Gasteiger partial charge in [-0.1, -0.05) is 0 Å². The molecular formula is C18H24N2O6. The van der Waals surface area contributed by atoms with Crippen LogP contribution in [-0.4, -0.2) is 44.2 Å². The molecule has 0 aliphatic carbocycles. The molecule has 2 heterocycles. The van der Waals surface area contributed by atoms with E-state index in [1.165, 1.54) is 13.8 Å². The Morgan fingerprint density at radius 3 is 2.00 bits per heavy atom. The van der Waals surface area contributed by atoms with Crippen molar-refractivity contribution in [3.8, 4) is 0 Å². The van der Waals surface area contributed by atoms with Gasteiger partial charge in [-0.2, -0.15) is 0 Å². The highest BCUT2D eigenvalue weighted by molar-refractivity contribution is 6.06. The van der Waals surface area contributed by atoms with Crippen LogP contribution < -0.4 is 5.32 Å². The lowest BCUT2D eigenvalue weighted by molar-refractivity contribution is -0.139. The molecule has 1 aliphatic rings. The van der Waals surface area contributed by atoms with E-state index in [1.54, 1.807) is 18.3 Å². The summed E-state index contributed by atoms with van der Waals surface area (Å²) in [5, 5.41) is 21.4. The lowest BCUT2D eigenvalue weighted by atomic mass is 9.69. The lowest BCUT2D eigenvalue weighted by Gasteiger charge is -2.30. The van der Waals surface area contributed by atoms with E-state index in [2.05, 4.69) is 10.3 Å². The summed E-state index contributed by atoms with van der Waals surface area (Å²) in [7, 11) is 0. The molecule has 0 saturated carbocycles. The van der Waals surface area contributed by atoms with Gasteiger partial charge in [0.15, 0.2) is 0 Å². The Labute approximate surface area is 151 Å². The smallest absolute Gasteiger partial charge is 0.303 e. The monoisotopic (exact) mass is 364 g/mol. The predicted octanol–water partition coefficient (Wildman–Crippen LogP) is 1.68. The number of aromatic nitrogens is 1. The van der Waals surface area contributed by atoms with E-state index in [0.717, 1.165) is 0 Å². The van der Waals surface area contributed by atoms with Gasteiger partial charge in [-0.25, -0.2) is 0 Å². The Morgan fingerprint density at radius 2 is 1.62 bits per heavy atom. The molecule has 0 radical (unpaired) electrons. The number of hydrogen-bond acceptors (Lipinski definition) is 5. The SMILES string of the molecule is CC(=O)C1(C(C)=O)CC(CCC(=O)O)(CCC(=O)O)NC1c1ccc[nH]1. The van der Waals surface area contributed by atoms with Crippen LogP contribution in [0.3, 0.4) is 0 Å². The van der Waals surface area contributed by atoms with Gasteiger partial charge < -0.3 is 20.5 Å². The highest BCUT2D eigenvalue weighted by Crippen LogP contribution is 2.51. The van der Waals surface area contributed by atoms with E-state index in [9.17, 15) is 19.2 Å². The maximum absolute atomic E-state index is 12.6. The van der Waals surface area contributed by atoms with Crippen LogP contribution >= 0.6 is 0 Å². The molecule has 26 heavy (non-hydrogen) atoms. The normalized spacial score (nSPS) is 20.6. The molecule has 142 valence electrons. The van der Waals surface area contributed by atoms with Crippen molar-refractivity contribution in [3.05, 3.63) is 24.0 Å². The highest BCUT2D eigenvalue weighted by atomic mass is 16.4. The van der Waals surface area contributed by atoms with Crippen molar-refractivity contribution in [2.24, 2.45) is 5.41 Å². The standard InChI is InChI=1S/C18H24N2O6/c1-11(21)18(12(2)22)10-17(7-5-14(23)24,8-6-15(25)26)20-16(18)13-4-3-9-19-13/h3-4,9,16,19-20H,5-8,10H2,1-2H3,(H,23,24)(H,25,26). The second-order valence-electron chi connectivity index (χ2n) is 7.03. The molecule has 1 aromatic rings. The number of ketones is 2. The molecule has 0 spiro atoms. The number of carbonyl (C=O) groups excluding carboxylic acids is 2. The molecule has 1 saturated heterocycles. The number of aromatic amines is 1. The van der Waals surface area contributed by atoms with Crippen LogP contribution in [0.2, 0.25) is 0 Å². The second kappa shape index (κ2) is 7.41. The highest BCUT2D eigenvalue weighted by Gasteiger charge is 2.60. The fourth-order valence-corrected chi connectivity index (χ4v) is 4.03. The van der Waals surface area contributed by atoms with Gasteiger partial charge in [0.1, 0.15) is 17.0 Å². The zero-order valence-electron chi connectivity index (χ0n) is 14.9. The van der Waals surface area contributed by atoms with Crippen LogP contribution in [-0.2, 0) is 19.2 Å². The van der Waals surface area contributed by atoms with Gasteiger partial charge in [0.05, 0.1) is 6.04 Å². The van der Waals surface area contributed by atoms with Gasteiger partial charge in [-0.3, -0.25) is 19.2 Å². The van der Waals surface area contributed by atoms with E-state index >= 15 is 0 Å². The molecule has 2 rings (SSSR count). The van der Waals surface area contributed by atoms with E-state index in [1.807, 2.05) is 0 Å². The first-order chi connectivity index (χ1) is 12.1. The number of aliphatic carboxylic acids is 2. The van der Waals surface area contributed by atoms with E-state index in [0.29, 0.717) is 5.69 Å². The molecule has 1 aliphatic heterocycles. The molecule has 0 amide bonds. The number of carboxylic acid groups (broad SMARTS) is 2. The summed E-state index contributed by atoms with van der Waals surface area (Å²) in [5.41, 5.74) is -1.64. The van der Waals surface area contributed by atoms with Gasteiger partial charge in [0, 0.05) is 30.3 Å². The first-order valence-corrected chi connectivity index (χ1v) is 8.50. The molecule has 1 unspecified atom stereocenters. The minimum atomic E-state index is -1.36. The van der Waals surface area contributed by atoms with Crippen molar-refractivity contribution in [1.82, 2.24) is 10.3 Å². The number of nitrogens with one attached hydrogen (secondary N) is 2. The van der Waals surface area contributed by atoms with E-state index in [-0.39, 0.29) is 43.7 Å². The van der Waals surface area contributed by atoms with Crippen LogP contribution in [0.5, 0.6) is 0 Å². The van der Waals surface area contributed by atoms with Crippen molar-refractivity contribution in [1.29, 1.82) is 0 Å². The summed E-state index contributed by atoms with van der Waals surface area (Å²) >= 11 is 0. The Bertz CT molecular complexity index is 677. The van der Waals surface area contributed by atoms with Crippen LogP contribution in [0, 0.1) is 5.41 Å². The molecule has 0 bridgehead atoms. The zero-order valence-corrected chi connectivity index (χ0v) is 14.9. The lowest BCUT2D eigenvalue weighted by Crippen LogP contribution is -2.42. The Balaban J connectivity index is 2.49. The number of hydrogen-bond donors (Lipinski definition) is 4. The second-order valence-corrected chi connectivity index (χ2v) is 7.03. The third-order valence-electron chi connectivity index (χ3n) is 5.38. The minimum absolute atomic E-state index is 0.0783. The Kier molecular flexibility index (Phi) is 5.65. The number of carbonyl (C=O) groups is 4. The summed E-state index contributed by atoms with van der Waals surface area (Å²) in [6, 6.07) is 2.84. The third kappa shape index (κ3) is 3.70. The molecule has 1 fully saturated rings. The first-order valence-electron chi connectivity index (χ1n) is 8.50. The molecule has 0 aromatic carbocycles. The van der Waals surface area contributed by atoms with Gasteiger partial charge in [-0.15, -0.1) is 0 Å². The van der Waals surface area contributed by atoms with Crippen LogP contribution in [0.25, 0.3) is 0 Å². The van der Waals surface area contributed by atoms with Crippen molar-refractivity contribution in [3.63, 3.8) is 0 Å². The summed E-state index contributed by atoms with van der Waals surface area (Å²) in [6.45, 7) is 2.70. The molecule has 4 N–H and O–H groups in total. The van der Waals surface area contributed by atoms with Crippen LogP contribution in [0.1, 0.15) is 57.7 Å². The van der Waals surface area contributed by atoms with Crippen molar-refractivity contribution < 1.29 is 29.4 Å². The first kappa shape index (κ1) is 19.8. The number of rotatable bonds is 9. The third-order valence-corrected chi connectivity index (χ3v) is 5.38. The summed E-state index contributed by atoms with van der Waals surface area (Å²) < 4.78 is 0. The maximum Gasteiger partial charge on any atom is 0.303 e. The topological polar surface area (TPSA) is 137 Å². The fourth-order valence-electron chi connectivity index (χ4n) is 4.03. The van der Waals surface area contributed by atoms with Gasteiger partial charge in [0.2, 0.25) is 0 Å². The summed E-state index contributed by atoms with van der Waals surface area (Å²) in [6.07, 6.45) is 1.65. The van der Waals surface area contributed by atoms with Crippen LogP contribution in [0.4, 0.5) is 0 Å². The van der Waals surface area contributed by atoms with E-state index < -0.39 is 28.9 Å². The Hall–Kier alpha value is -2.48. The van der Waals surface area contributed by atoms with Gasteiger partial charge in [0.25, 0.3) is 0 Å². The molecule has 8 nitrogen and oxygen atoms in total. The number of carboxylic acids is 2. The van der Waals surface area contributed by atoms with Crippen molar-refractivity contribution in [2.45, 2.75) is 57.5 Å². The largest absolute Gasteiger partial charge is 0.481 e. The number of Topliss-reactive ketones (excluding diaryl/α,β-unsaturated/α-hetero) is 2. The Morgan fingerprint density at radius 1 is 1.08 bits per heavy atom. The van der Waals surface area contributed by atoms with Crippen molar-refractivity contribution >= 4 is 23.5 Å². The molecule has 1 aromatic heterocycles. The van der Waals surface area contributed by atoms with Crippen molar-refractivity contribution in [2.75, 3.05) is 0 Å². The summed E-state index contributed by atoms with van der Waals surface area (Å²) in [4.78, 5) is 50.3. The summed E-state index contributed by atoms with van der Waals surface area (Å²) in [5.74, 6) is -2.66. The quantitative estimate of drug-likeness (QED) is 0.489. The minimum Gasteiger partial charge on any atom is -0.481 e. The average Bonchev–Trinajstić information content (AvgIpc) is 3.18.